The highest BCUT2D eigenvalue weighted by Crippen LogP contribution is 2.41. The second kappa shape index (κ2) is 6.55. The van der Waals surface area contributed by atoms with Gasteiger partial charge in [-0.2, -0.15) is 22.5 Å². The Kier molecular flexibility index (Phi) is 4.74. The summed E-state index contributed by atoms with van der Waals surface area (Å²) in [6.45, 7) is 6.59. The van der Waals surface area contributed by atoms with E-state index in [4.69, 9.17) is 0 Å². The van der Waals surface area contributed by atoms with Gasteiger partial charge in [0.05, 0.1) is 17.9 Å². The molecule has 1 aliphatic carbocycles. The van der Waals surface area contributed by atoms with Gasteiger partial charge in [0.25, 0.3) is 10.2 Å². The van der Waals surface area contributed by atoms with Crippen LogP contribution in [0.2, 0.25) is 0 Å². The number of hydrogen-bond acceptors (Lipinski definition) is 3. The highest BCUT2D eigenvalue weighted by Gasteiger charge is 2.37. The first-order chi connectivity index (χ1) is 11.7. The van der Waals surface area contributed by atoms with Crippen molar-refractivity contribution in [2.75, 3.05) is 13.6 Å². The predicted molar refractivity (Wildman–Crippen MR) is 98.8 cm³/mol. The van der Waals surface area contributed by atoms with Crippen molar-refractivity contribution in [3.8, 4) is 5.69 Å². The third-order valence-electron chi connectivity index (χ3n) is 4.83. The molecule has 0 spiro atoms. The van der Waals surface area contributed by atoms with Crippen molar-refractivity contribution in [2.24, 2.45) is 5.41 Å². The first kappa shape index (κ1) is 18.1. The molecule has 0 saturated carbocycles. The van der Waals surface area contributed by atoms with Gasteiger partial charge in [0.1, 0.15) is 0 Å². The van der Waals surface area contributed by atoms with E-state index in [9.17, 15) is 8.42 Å². The number of aromatic nitrogens is 2. The monoisotopic (exact) mass is 362 g/mol. The topological polar surface area (TPSA) is 67.2 Å². The van der Waals surface area contributed by atoms with Gasteiger partial charge in [-0.05, 0) is 30.4 Å². The fourth-order valence-electron chi connectivity index (χ4n) is 3.38. The summed E-state index contributed by atoms with van der Waals surface area (Å²) in [5, 5.41) is 4.55. The lowest BCUT2D eigenvalue weighted by Gasteiger charge is -2.36. The van der Waals surface area contributed by atoms with Crippen LogP contribution in [0.15, 0.2) is 36.5 Å². The van der Waals surface area contributed by atoms with Crippen LogP contribution in [0.4, 0.5) is 0 Å². The van der Waals surface area contributed by atoms with Gasteiger partial charge in [-0.3, -0.25) is 0 Å². The molecule has 1 aromatic carbocycles. The molecule has 3 rings (SSSR count). The van der Waals surface area contributed by atoms with Gasteiger partial charge in [0.15, 0.2) is 0 Å². The zero-order valence-electron chi connectivity index (χ0n) is 15.2. The Morgan fingerprint density at radius 1 is 1.32 bits per heavy atom. The standard InChI is InChI=1S/C18H26N4O2S/c1-5-21(4)25(23,24)20-16-11-18(2,3)12-17-15(16)13-19-22(17)14-9-7-6-8-10-14/h6-10,13,16,20H,5,11-12H2,1-4H3/t16-/m0/s1. The minimum atomic E-state index is -3.51. The van der Waals surface area contributed by atoms with Gasteiger partial charge >= 0.3 is 0 Å². The normalized spacial score (nSPS) is 19.8. The summed E-state index contributed by atoms with van der Waals surface area (Å²) in [6, 6.07) is 9.69. The van der Waals surface area contributed by atoms with E-state index >= 15 is 0 Å². The van der Waals surface area contributed by atoms with E-state index in [-0.39, 0.29) is 11.5 Å². The van der Waals surface area contributed by atoms with E-state index in [1.165, 1.54) is 4.31 Å². The number of rotatable bonds is 5. The van der Waals surface area contributed by atoms with Crippen LogP contribution < -0.4 is 4.72 Å². The number of fused-ring (bicyclic) bond motifs is 1. The molecule has 7 heteroatoms. The summed E-state index contributed by atoms with van der Waals surface area (Å²) in [5.74, 6) is 0. The smallest absolute Gasteiger partial charge is 0.237 e. The first-order valence-corrected chi connectivity index (χ1v) is 10.0. The lowest BCUT2D eigenvalue weighted by atomic mass is 9.74. The van der Waals surface area contributed by atoms with E-state index in [0.29, 0.717) is 6.54 Å². The summed E-state index contributed by atoms with van der Waals surface area (Å²) in [4.78, 5) is 0. The minimum Gasteiger partial charge on any atom is -0.237 e. The van der Waals surface area contributed by atoms with Crippen LogP contribution in [0.25, 0.3) is 5.69 Å². The van der Waals surface area contributed by atoms with Crippen LogP contribution in [-0.4, -0.2) is 36.1 Å². The maximum atomic E-state index is 12.5. The van der Waals surface area contributed by atoms with Gasteiger partial charge in [0, 0.05) is 24.8 Å². The molecule has 0 aliphatic heterocycles. The number of nitrogens with zero attached hydrogens (tertiary/aromatic N) is 3. The predicted octanol–water partition coefficient (Wildman–Crippen LogP) is 2.67. The third kappa shape index (κ3) is 3.63. The average molecular weight is 362 g/mol. The number of hydrogen-bond donors (Lipinski definition) is 1. The second-order valence-corrected chi connectivity index (χ2v) is 9.24. The van der Waals surface area contributed by atoms with Crippen molar-refractivity contribution >= 4 is 10.2 Å². The van der Waals surface area contributed by atoms with Gasteiger partial charge in [-0.15, -0.1) is 0 Å². The zero-order chi connectivity index (χ0) is 18.2. The molecule has 0 fully saturated rings. The van der Waals surface area contributed by atoms with Crippen LogP contribution in [0.1, 0.15) is 44.5 Å². The Hall–Kier alpha value is -1.70. The summed E-state index contributed by atoms with van der Waals surface area (Å²) >= 11 is 0. The highest BCUT2D eigenvalue weighted by molar-refractivity contribution is 7.87. The Labute approximate surface area is 150 Å². The van der Waals surface area contributed by atoms with Crippen molar-refractivity contribution < 1.29 is 8.42 Å². The van der Waals surface area contributed by atoms with E-state index in [1.54, 1.807) is 13.2 Å². The lowest BCUT2D eigenvalue weighted by molar-refractivity contribution is 0.266. The molecule has 0 radical (unpaired) electrons. The number of para-hydroxylation sites is 1. The molecule has 1 atom stereocenters. The molecule has 1 heterocycles. The average Bonchev–Trinajstić information content (AvgIpc) is 2.97. The third-order valence-corrected chi connectivity index (χ3v) is 6.49. The molecule has 136 valence electrons. The largest absolute Gasteiger partial charge is 0.279 e. The van der Waals surface area contributed by atoms with Crippen molar-refractivity contribution in [3.63, 3.8) is 0 Å². The Bertz CT molecular complexity index is 843. The maximum Gasteiger partial charge on any atom is 0.279 e. The molecular formula is C18H26N4O2S. The Balaban J connectivity index is 2.01. The van der Waals surface area contributed by atoms with E-state index in [0.717, 1.165) is 29.8 Å². The van der Waals surface area contributed by atoms with Gasteiger partial charge in [-0.25, -0.2) is 4.68 Å². The van der Waals surface area contributed by atoms with E-state index in [2.05, 4.69) is 23.7 Å². The van der Waals surface area contributed by atoms with Crippen LogP contribution in [0.5, 0.6) is 0 Å². The van der Waals surface area contributed by atoms with Crippen LogP contribution in [-0.2, 0) is 16.6 Å². The highest BCUT2D eigenvalue weighted by atomic mass is 32.2. The van der Waals surface area contributed by atoms with Crippen LogP contribution in [0.3, 0.4) is 0 Å². The molecule has 1 aromatic heterocycles. The van der Waals surface area contributed by atoms with Gasteiger partial charge < -0.3 is 0 Å². The molecule has 0 bridgehead atoms. The summed E-state index contributed by atoms with van der Waals surface area (Å²) in [7, 11) is -1.92. The molecule has 0 saturated heterocycles. The van der Waals surface area contributed by atoms with E-state index in [1.807, 2.05) is 41.9 Å². The zero-order valence-corrected chi connectivity index (χ0v) is 16.0. The van der Waals surface area contributed by atoms with Crippen LogP contribution in [0, 0.1) is 5.41 Å². The first-order valence-electron chi connectivity index (χ1n) is 8.59. The maximum absolute atomic E-state index is 12.5. The van der Waals surface area contributed by atoms with E-state index < -0.39 is 10.2 Å². The summed E-state index contributed by atoms with van der Waals surface area (Å²) in [5.41, 5.74) is 3.02. The van der Waals surface area contributed by atoms with Crippen molar-refractivity contribution in [1.82, 2.24) is 18.8 Å². The summed E-state index contributed by atoms with van der Waals surface area (Å²) < 4.78 is 31.2. The van der Waals surface area contributed by atoms with Gasteiger partial charge in [-0.1, -0.05) is 39.0 Å². The molecule has 0 unspecified atom stereocenters. The molecule has 6 nitrogen and oxygen atoms in total. The molecular weight excluding hydrogens is 336 g/mol. The molecule has 0 amide bonds. The van der Waals surface area contributed by atoms with Crippen molar-refractivity contribution in [2.45, 2.75) is 39.7 Å². The van der Waals surface area contributed by atoms with Crippen molar-refractivity contribution in [1.29, 1.82) is 0 Å². The SMILES string of the molecule is CCN(C)S(=O)(=O)N[C@H]1CC(C)(C)Cc2c1cnn2-c1ccccc1. The quantitative estimate of drug-likeness (QED) is 0.889. The fourth-order valence-corrected chi connectivity index (χ4v) is 4.47. The molecule has 25 heavy (non-hydrogen) atoms. The Morgan fingerprint density at radius 2 is 2.00 bits per heavy atom. The molecule has 2 aromatic rings. The summed E-state index contributed by atoms with van der Waals surface area (Å²) in [6.07, 6.45) is 3.41. The second-order valence-electron chi connectivity index (χ2n) is 7.43. The minimum absolute atomic E-state index is 0.0163. The lowest BCUT2D eigenvalue weighted by Crippen LogP contribution is -2.43. The van der Waals surface area contributed by atoms with Crippen LogP contribution >= 0.6 is 0 Å². The number of nitrogens with one attached hydrogen (secondary N) is 1. The van der Waals surface area contributed by atoms with Gasteiger partial charge in [0.2, 0.25) is 0 Å². The Morgan fingerprint density at radius 3 is 2.64 bits per heavy atom. The molecule has 1 N–H and O–H groups in total. The fraction of sp³-hybridized carbons (Fsp3) is 0.500. The molecule has 1 aliphatic rings. The van der Waals surface area contributed by atoms with Crippen molar-refractivity contribution in [3.05, 3.63) is 47.8 Å². The number of benzene rings is 1.